The Kier molecular flexibility index (Phi) is 7.25. The smallest absolute Gasteiger partial charge is 0.256 e. The highest BCUT2D eigenvalue weighted by atomic mass is 16.1. The van der Waals surface area contributed by atoms with Crippen LogP contribution >= 0.6 is 0 Å². The fourth-order valence-electron chi connectivity index (χ4n) is 3.36. The lowest BCUT2D eigenvalue weighted by atomic mass is 10.2. The Morgan fingerprint density at radius 2 is 1.90 bits per heavy atom. The molecule has 3 aromatic rings. The second-order valence-electron chi connectivity index (χ2n) is 7.49. The molecular formula is C23H31N5O. The molecule has 29 heavy (non-hydrogen) atoms. The van der Waals surface area contributed by atoms with Crippen LogP contribution in [0.15, 0.2) is 55.0 Å². The summed E-state index contributed by atoms with van der Waals surface area (Å²) in [6.45, 7) is 6.98. The Bertz CT molecular complexity index is 913. The van der Waals surface area contributed by atoms with E-state index in [1.54, 1.807) is 6.20 Å². The quantitative estimate of drug-likeness (QED) is 0.533. The number of nitrogens with zero attached hydrogens (tertiary/aromatic N) is 4. The zero-order valence-electron chi connectivity index (χ0n) is 17.6. The summed E-state index contributed by atoms with van der Waals surface area (Å²) < 4.78 is 3.75. The van der Waals surface area contributed by atoms with Crippen molar-refractivity contribution in [3.8, 4) is 11.5 Å². The third-order valence-electron chi connectivity index (χ3n) is 4.98. The number of aromatic nitrogens is 3. The Hall–Kier alpha value is -2.86. The molecule has 2 heterocycles. The highest BCUT2D eigenvalue weighted by Gasteiger charge is 2.19. The fourth-order valence-corrected chi connectivity index (χ4v) is 3.36. The number of hydrogen-bond acceptors (Lipinski definition) is 3. The van der Waals surface area contributed by atoms with E-state index in [-0.39, 0.29) is 5.91 Å². The molecular weight excluding hydrogens is 362 g/mol. The zero-order chi connectivity index (χ0) is 20.6. The van der Waals surface area contributed by atoms with Crippen molar-refractivity contribution in [3.63, 3.8) is 0 Å². The molecule has 0 spiro atoms. The minimum Gasteiger partial charge on any atom is -0.352 e. The van der Waals surface area contributed by atoms with Crippen molar-refractivity contribution in [3.05, 3.63) is 66.1 Å². The van der Waals surface area contributed by atoms with Crippen molar-refractivity contribution in [2.45, 2.75) is 33.1 Å². The predicted octanol–water partition coefficient (Wildman–Crippen LogP) is 3.82. The predicted molar refractivity (Wildman–Crippen MR) is 117 cm³/mol. The van der Waals surface area contributed by atoms with Crippen LogP contribution in [-0.2, 0) is 0 Å². The van der Waals surface area contributed by atoms with Crippen molar-refractivity contribution < 1.29 is 4.79 Å². The number of aryl methyl sites for hydroxylation is 1. The second-order valence-corrected chi connectivity index (χ2v) is 7.49. The third kappa shape index (κ3) is 5.35. The molecule has 6 nitrogen and oxygen atoms in total. The molecule has 6 heteroatoms. The molecule has 154 valence electrons. The largest absolute Gasteiger partial charge is 0.352 e. The van der Waals surface area contributed by atoms with E-state index in [0.717, 1.165) is 36.6 Å². The van der Waals surface area contributed by atoms with Crippen LogP contribution < -0.4 is 5.32 Å². The molecule has 0 unspecified atom stereocenters. The van der Waals surface area contributed by atoms with Crippen LogP contribution in [0.4, 0.5) is 0 Å². The number of hydrogen-bond donors (Lipinski definition) is 1. The maximum Gasteiger partial charge on any atom is 0.256 e. The van der Waals surface area contributed by atoms with Gasteiger partial charge < -0.3 is 14.8 Å². The van der Waals surface area contributed by atoms with Crippen LogP contribution in [-0.4, -0.2) is 51.8 Å². The number of nitrogens with one attached hydrogen (secondary N) is 1. The van der Waals surface area contributed by atoms with Gasteiger partial charge in [0.2, 0.25) is 0 Å². The highest BCUT2D eigenvalue weighted by molar-refractivity contribution is 5.97. The topological polar surface area (TPSA) is 55.1 Å². The maximum absolute atomic E-state index is 12.9. The van der Waals surface area contributed by atoms with Gasteiger partial charge in [0.25, 0.3) is 5.91 Å². The van der Waals surface area contributed by atoms with Crippen molar-refractivity contribution in [2.24, 2.45) is 0 Å². The summed E-state index contributed by atoms with van der Waals surface area (Å²) in [5.74, 6) is 0.655. The Labute approximate surface area is 173 Å². The lowest BCUT2D eigenvalue weighted by Crippen LogP contribution is -2.29. The number of carbonyl (C=O) groups is 1. The molecule has 0 saturated heterocycles. The summed E-state index contributed by atoms with van der Waals surface area (Å²) in [4.78, 5) is 15.2. The minimum atomic E-state index is -0.0937. The Balaban J connectivity index is 1.73. The van der Waals surface area contributed by atoms with Gasteiger partial charge in [0, 0.05) is 18.9 Å². The Morgan fingerprint density at radius 1 is 1.14 bits per heavy atom. The average molecular weight is 394 g/mol. The molecule has 0 fully saturated rings. The van der Waals surface area contributed by atoms with Gasteiger partial charge in [-0.05, 0) is 69.7 Å². The molecule has 0 saturated carbocycles. The number of carbonyl (C=O) groups excluding carboxylic acids is 1. The van der Waals surface area contributed by atoms with Crippen LogP contribution in [0.3, 0.4) is 0 Å². The Morgan fingerprint density at radius 3 is 2.62 bits per heavy atom. The third-order valence-corrected chi connectivity index (χ3v) is 4.98. The monoisotopic (exact) mass is 393 g/mol. The molecule has 2 aromatic heterocycles. The van der Waals surface area contributed by atoms with Crippen LogP contribution in [0.2, 0.25) is 0 Å². The van der Waals surface area contributed by atoms with E-state index in [2.05, 4.69) is 35.4 Å². The van der Waals surface area contributed by atoms with E-state index in [1.165, 1.54) is 12.8 Å². The van der Waals surface area contributed by atoms with Gasteiger partial charge in [-0.25, -0.2) is 4.68 Å². The van der Waals surface area contributed by atoms with Gasteiger partial charge in [0.1, 0.15) is 5.56 Å². The van der Waals surface area contributed by atoms with Crippen molar-refractivity contribution in [1.82, 2.24) is 24.6 Å². The van der Waals surface area contributed by atoms with Crippen LogP contribution in [0.25, 0.3) is 11.5 Å². The maximum atomic E-state index is 12.9. The molecule has 3 rings (SSSR count). The second kappa shape index (κ2) is 10.1. The lowest BCUT2D eigenvalue weighted by molar-refractivity contribution is 0.0952. The highest BCUT2D eigenvalue weighted by Crippen LogP contribution is 2.20. The lowest BCUT2D eigenvalue weighted by Gasteiger charge is -2.16. The van der Waals surface area contributed by atoms with Gasteiger partial charge >= 0.3 is 0 Å². The first-order valence-corrected chi connectivity index (χ1v) is 10.3. The van der Waals surface area contributed by atoms with E-state index >= 15 is 0 Å². The molecule has 1 aromatic carbocycles. The normalized spacial score (nSPS) is 11.2. The summed E-state index contributed by atoms with van der Waals surface area (Å²) in [6, 6.07) is 12.0. The molecule has 0 aliphatic rings. The molecule has 1 N–H and O–H groups in total. The van der Waals surface area contributed by atoms with Gasteiger partial charge in [-0.2, -0.15) is 5.10 Å². The van der Waals surface area contributed by atoms with Gasteiger partial charge in [0.05, 0.1) is 11.9 Å². The van der Waals surface area contributed by atoms with E-state index in [0.29, 0.717) is 12.1 Å². The van der Waals surface area contributed by atoms with Crippen molar-refractivity contribution in [2.75, 3.05) is 26.7 Å². The summed E-state index contributed by atoms with van der Waals surface area (Å²) in [6.07, 6.45) is 8.86. The minimum absolute atomic E-state index is 0.0937. The number of unbranched alkanes of at least 4 members (excludes halogenated alkanes) is 1. The first kappa shape index (κ1) is 20.9. The zero-order valence-corrected chi connectivity index (χ0v) is 17.6. The van der Waals surface area contributed by atoms with E-state index in [9.17, 15) is 4.79 Å². The SMILES string of the molecule is CCCCN(C)CCCNC(=O)c1cnn(-c2cccc(C)c2)c1-n1cccc1. The van der Waals surface area contributed by atoms with E-state index in [4.69, 9.17) is 0 Å². The van der Waals surface area contributed by atoms with Crippen LogP contribution in [0, 0.1) is 6.92 Å². The van der Waals surface area contributed by atoms with Gasteiger partial charge in [-0.15, -0.1) is 0 Å². The average Bonchev–Trinajstić information content (AvgIpc) is 3.38. The van der Waals surface area contributed by atoms with Gasteiger partial charge in [-0.3, -0.25) is 4.79 Å². The number of rotatable bonds is 10. The molecule has 0 aliphatic heterocycles. The van der Waals surface area contributed by atoms with Gasteiger partial charge in [0.15, 0.2) is 5.82 Å². The first-order valence-electron chi connectivity index (χ1n) is 10.3. The fraction of sp³-hybridized carbons (Fsp3) is 0.391. The summed E-state index contributed by atoms with van der Waals surface area (Å²) >= 11 is 0. The van der Waals surface area contributed by atoms with E-state index < -0.39 is 0 Å². The number of benzene rings is 1. The van der Waals surface area contributed by atoms with Crippen molar-refractivity contribution >= 4 is 5.91 Å². The standard InChI is InChI=1S/C23H31N5O/c1-4-5-13-26(3)14-9-12-24-22(29)21-18-25-28(20-11-8-10-19(2)17-20)23(21)27-15-6-7-16-27/h6-8,10-11,15-18H,4-5,9,12-14H2,1-3H3,(H,24,29). The summed E-state index contributed by atoms with van der Waals surface area (Å²) in [7, 11) is 2.13. The van der Waals surface area contributed by atoms with Crippen LogP contribution in [0.5, 0.6) is 0 Å². The molecule has 0 atom stereocenters. The number of amides is 1. The molecule has 0 aliphatic carbocycles. The molecule has 1 amide bonds. The summed E-state index contributed by atoms with van der Waals surface area (Å²) in [5, 5.41) is 7.58. The van der Waals surface area contributed by atoms with Gasteiger partial charge in [-0.1, -0.05) is 25.5 Å². The van der Waals surface area contributed by atoms with Crippen molar-refractivity contribution in [1.29, 1.82) is 0 Å². The summed E-state index contributed by atoms with van der Waals surface area (Å²) in [5.41, 5.74) is 2.65. The molecule has 0 radical (unpaired) electrons. The van der Waals surface area contributed by atoms with E-state index in [1.807, 2.05) is 58.9 Å². The molecule has 0 bridgehead atoms. The first-order chi connectivity index (χ1) is 14.1. The van der Waals surface area contributed by atoms with Crippen LogP contribution in [0.1, 0.15) is 42.1 Å².